The van der Waals surface area contributed by atoms with Gasteiger partial charge in [0.1, 0.15) is 15.9 Å². The van der Waals surface area contributed by atoms with Gasteiger partial charge in [-0.15, -0.1) is 11.3 Å². The molecule has 1 aliphatic carbocycles. The van der Waals surface area contributed by atoms with E-state index in [1.165, 1.54) is 37.0 Å². The summed E-state index contributed by atoms with van der Waals surface area (Å²) >= 11 is 1.16. The molecule has 1 amide bonds. The first-order valence-corrected chi connectivity index (χ1v) is 15.1. The molecule has 1 N–H and O–H groups in total. The van der Waals surface area contributed by atoms with E-state index in [4.69, 9.17) is 4.74 Å². The minimum atomic E-state index is -3.67. The van der Waals surface area contributed by atoms with Crippen molar-refractivity contribution in [3.8, 4) is 17.7 Å². The second kappa shape index (κ2) is 11.9. The number of aromatic nitrogens is 1. The van der Waals surface area contributed by atoms with Crippen molar-refractivity contribution < 1.29 is 23.1 Å². The monoisotopic (exact) mass is 545 g/mol. The van der Waals surface area contributed by atoms with Gasteiger partial charge in [0.15, 0.2) is 0 Å². The highest BCUT2D eigenvalue weighted by Crippen LogP contribution is 2.29. The van der Waals surface area contributed by atoms with E-state index in [9.17, 15) is 18.3 Å². The fourth-order valence-electron chi connectivity index (χ4n) is 4.82. The Bertz CT molecular complexity index is 1250. The van der Waals surface area contributed by atoms with Gasteiger partial charge in [-0.1, -0.05) is 37.7 Å². The number of pyridine rings is 1. The number of thiophene rings is 1. The molecule has 2 aliphatic rings. The molecule has 0 spiro atoms. The number of amides is 1. The van der Waals surface area contributed by atoms with Crippen LogP contribution in [0, 0.1) is 23.7 Å². The highest BCUT2D eigenvalue weighted by molar-refractivity contribution is 7.91. The normalized spacial score (nSPS) is 21.5. The van der Waals surface area contributed by atoms with E-state index >= 15 is 0 Å². The lowest BCUT2D eigenvalue weighted by atomic mass is 10.00. The van der Waals surface area contributed by atoms with Gasteiger partial charge in [-0.25, -0.2) is 13.4 Å². The van der Waals surface area contributed by atoms with Crippen LogP contribution in [0.5, 0.6) is 5.88 Å². The summed E-state index contributed by atoms with van der Waals surface area (Å²) < 4.78 is 33.9. The Morgan fingerprint density at radius 1 is 1.35 bits per heavy atom. The maximum atomic E-state index is 13.6. The predicted octanol–water partition coefficient (Wildman–Crippen LogP) is 3.62. The molecule has 4 rings (SSSR count). The average Bonchev–Trinajstić information content (AvgIpc) is 3.61. The summed E-state index contributed by atoms with van der Waals surface area (Å²) in [6.07, 6.45) is 6.83. The molecule has 0 aromatic carbocycles. The number of fused-ring (bicyclic) bond motifs is 1. The maximum Gasteiger partial charge on any atom is 0.259 e. The number of ether oxygens (including phenoxy) is 1. The molecule has 0 radical (unpaired) electrons. The molecule has 1 saturated carbocycles. The van der Waals surface area contributed by atoms with Crippen LogP contribution in [-0.4, -0.2) is 72.5 Å². The Hall–Kier alpha value is -2.45. The molecule has 1 aliphatic heterocycles. The van der Waals surface area contributed by atoms with Crippen molar-refractivity contribution in [1.29, 1.82) is 0 Å². The Morgan fingerprint density at radius 3 is 2.78 bits per heavy atom. The van der Waals surface area contributed by atoms with Crippen LogP contribution in [0.1, 0.15) is 61.9 Å². The van der Waals surface area contributed by atoms with E-state index in [1.807, 2.05) is 6.92 Å². The zero-order valence-corrected chi connectivity index (χ0v) is 23.2. The summed E-state index contributed by atoms with van der Waals surface area (Å²) in [7, 11) is -2.15. The van der Waals surface area contributed by atoms with Gasteiger partial charge in [-0.2, -0.15) is 4.31 Å². The highest BCUT2D eigenvalue weighted by Gasteiger charge is 2.36. The van der Waals surface area contributed by atoms with Crippen LogP contribution >= 0.6 is 11.3 Å². The molecule has 2 aromatic heterocycles. The summed E-state index contributed by atoms with van der Waals surface area (Å²) in [5.74, 6) is 6.68. The van der Waals surface area contributed by atoms with Gasteiger partial charge in [0.25, 0.3) is 15.9 Å². The molecule has 0 unspecified atom stereocenters. The lowest BCUT2D eigenvalue weighted by molar-refractivity contribution is 0.0373. The number of aliphatic hydroxyl groups is 1. The number of carbonyl (C=O) groups is 1. The van der Waals surface area contributed by atoms with Gasteiger partial charge in [0.2, 0.25) is 5.88 Å². The van der Waals surface area contributed by atoms with Gasteiger partial charge in [-0.05, 0) is 43.2 Å². The standard InChI is InChI=1S/C27H35N3O5S2/c1-19-16-30(20(2)18-31)27(32)23-14-22(11-6-10-21-8-4-5-9-21)15-28-26(23)35-24(19)17-29(3)37(33,34)25-12-7-13-36-25/h7,12-15,19-21,24,31H,4-5,8-10,16-18H2,1-3H3/t19-,20+,24+/m0/s1. The molecule has 10 heteroatoms. The van der Waals surface area contributed by atoms with Crippen molar-refractivity contribution in [2.75, 3.05) is 26.7 Å². The first kappa shape index (κ1) is 27.6. The van der Waals surface area contributed by atoms with Crippen LogP contribution in [0.2, 0.25) is 0 Å². The van der Waals surface area contributed by atoms with Crippen molar-refractivity contribution in [2.45, 2.75) is 62.3 Å². The molecule has 1 fully saturated rings. The molecule has 0 bridgehead atoms. The Balaban J connectivity index is 1.62. The van der Waals surface area contributed by atoms with Crippen LogP contribution in [0.4, 0.5) is 0 Å². The minimum absolute atomic E-state index is 0.0843. The topological polar surface area (TPSA) is 100 Å². The van der Waals surface area contributed by atoms with Crippen LogP contribution in [0.3, 0.4) is 0 Å². The number of aliphatic hydroxyl groups excluding tert-OH is 1. The average molecular weight is 546 g/mol. The van der Waals surface area contributed by atoms with Gasteiger partial charge >= 0.3 is 0 Å². The van der Waals surface area contributed by atoms with Crippen molar-refractivity contribution in [3.05, 3.63) is 40.9 Å². The highest BCUT2D eigenvalue weighted by atomic mass is 32.2. The van der Waals surface area contributed by atoms with E-state index < -0.39 is 22.2 Å². The largest absolute Gasteiger partial charge is 0.472 e. The summed E-state index contributed by atoms with van der Waals surface area (Å²) in [4.78, 5) is 19.6. The first-order valence-electron chi connectivity index (χ1n) is 12.8. The molecule has 3 heterocycles. The van der Waals surface area contributed by atoms with Crippen molar-refractivity contribution in [3.63, 3.8) is 0 Å². The lowest BCUT2D eigenvalue weighted by Crippen LogP contribution is -2.50. The molecular formula is C27H35N3O5S2. The van der Waals surface area contributed by atoms with Crippen LogP contribution in [0.15, 0.2) is 34.0 Å². The molecule has 3 atom stereocenters. The lowest BCUT2D eigenvalue weighted by Gasteiger charge is -2.37. The zero-order valence-electron chi connectivity index (χ0n) is 21.6. The molecule has 8 nitrogen and oxygen atoms in total. The molecule has 2 aromatic rings. The second-order valence-electron chi connectivity index (χ2n) is 10.1. The number of hydrogen-bond donors (Lipinski definition) is 1. The zero-order chi connectivity index (χ0) is 26.6. The number of nitrogens with zero attached hydrogens (tertiary/aromatic N) is 3. The van der Waals surface area contributed by atoms with Crippen molar-refractivity contribution in [2.24, 2.45) is 11.8 Å². The maximum absolute atomic E-state index is 13.6. The predicted molar refractivity (Wildman–Crippen MR) is 143 cm³/mol. The second-order valence-corrected chi connectivity index (χ2v) is 13.3. The Morgan fingerprint density at radius 2 is 2.11 bits per heavy atom. The van der Waals surface area contributed by atoms with Crippen LogP contribution in [-0.2, 0) is 10.0 Å². The molecule has 37 heavy (non-hydrogen) atoms. The summed E-state index contributed by atoms with van der Waals surface area (Å²) in [5, 5.41) is 11.6. The van der Waals surface area contributed by atoms with Crippen molar-refractivity contribution >= 4 is 27.3 Å². The summed E-state index contributed by atoms with van der Waals surface area (Å²) in [6, 6.07) is 4.55. The Labute approximate surface area is 223 Å². The first-order chi connectivity index (χ1) is 17.7. The van der Waals surface area contributed by atoms with E-state index in [1.54, 1.807) is 41.6 Å². The van der Waals surface area contributed by atoms with E-state index in [-0.39, 0.29) is 40.6 Å². The number of carbonyl (C=O) groups excluding carboxylic acids is 1. The van der Waals surface area contributed by atoms with Crippen molar-refractivity contribution in [1.82, 2.24) is 14.2 Å². The van der Waals surface area contributed by atoms with Gasteiger partial charge in [0.05, 0.1) is 19.2 Å². The number of likely N-dealkylation sites (N-methyl/N-ethyl adjacent to an activating group) is 1. The third-order valence-corrected chi connectivity index (χ3v) is 10.4. The van der Waals surface area contributed by atoms with E-state index in [2.05, 4.69) is 16.8 Å². The van der Waals surface area contributed by atoms with Crippen LogP contribution in [0.25, 0.3) is 0 Å². The van der Waals surface area contributed by atoms with Gasteiger partial charge in [-0.3, -0.25) is 4.79 Å². The number of hydrogen-bond acceptors (Lipinski definition) is 7. The number of rotatable bonds is 7. The van der Waals surface area contributed by atoms with E-state index in [0.717, 1.165) is 17.8 Å². The van der Waals surface area contributed by atoms with Gasteiger partial charge in [0, 0.05) is 37.7 Å². The fraction of sp³-hybridized carbons (Fsp3) is 0.556. The van der Waals surface area contributed by atoms with Crippen LogP contribution < -0.4 is 4.74 Å². The third kappa shape index (κ3) is 6.34. The fourth-order valence-corrected chi connectivity index (χ4v) is 7.20. The minimum Gasteiger partial charge on any atom is -0.472 e. The summed E-state index contributed by atoms with van der Waals surface area (Å²) in [6.45, 7) is 3.89. The van der Waals surface area contributed by atoms with E-state index in [0.29, 0.717) is 18.0 Å². The van der Waals surface area contributed by atoms with Gasteiger partial charge < -0.3 is 14.7 Å². The molecule has 0 saturated heterocycles. The summed E-state index contributed by atoms with van der Waals surface area (Å²) in [5.41, 5.74) is 0.904. The molecule has 200 valence electrons. The Kier molecular flexibility index (Phi) is 8.90. The third-order valence-electron chi connectivity index (χ3n) is 7.22. The smallest absolute Gasteiger partial charge is 0.259 e. The molecular weight excluding hydrogens is 510 g/mol. The SMILES string of the molecule is C[C@H](CO)N1C[C@H](C)[C@@H](CN(C)S(=O)(=O)c2cccs2)Oc2ncc(C#CCC3CCCC3)cc2C1=O. The number of sulfonamides is 1. The quantitative estimate of drug-likeness (QED) is 0.534.